The molecule has 0 aliphatic heterocycles. The van der Waals surface area contributed by atoms with E-state index in [0.717, 1.165) is 25.8 Å². The molecule has 0 saturated carbocycles. The van der Waals surface area contributed by atoms with Crippen molar-refractivity contribution in [3.63, 3.8) is 0 Å². The fourth-order valence-corrected chi connectivity index (χ4v) is 0.978. The Balaban J connectivity index is 3.47. The molecule has 0 aliphatic rings. The zero-order chi connectivity index (χ0) is 9.40. The van der Waals surface area contributed by atoms with Gasteiger partial charge in [0.05, 0.1) is 0 Å². The maximum Gasteiger partial charge on any atom is 0.222 e. The van der Waals surface area contributed by atoms with Gasteiger partial charge in [0.2, 0.25) is 5.91 Å². The number of amides is 1. The van der Waals surface area contributed by atoms with Crippen molar-refractivity contribution in [3.05, 3.63) is 0 Å². The molecule has 0 fully saturated rings. The first-order valence-corrected chi connectivity index (χ1v) is 4.70. The van der Waals surface area contributed by atoms with Gasteiger partial charge in [-0.05, 0) is 25.8 Å². The van der Waals surface area contributed by atoms with Gasteiger partial charge in [0.15, 0.2) is 0 Å². The Kier molecular flexibility index (Phi) is 6.76. The fourth-order valence-electron chi connectivity index (χ4n) is 0.978. The summed E-state index contributed by atoms with van der Waals surface area (Å²) in [5.41, 5.74) is 5.35. The third kappa shape index (κ3) is 5.13. The van der Waals surface area contributed by atoms with Crippen LogP contribution in [0.4, 0.5) is 0 Å². The predicted octanol–water partition coefficient (Wildman–Crippen LogP) is 0.888. The topological polar surface area (TPSA) is 55.1 Å². The summed E-state index contributed by atoms with van der Waals surface area (Å²) in [5.74, 6) is 0.269. The lowest BCUT2D eigenvalue weighted by Crippen LogP contribution is -2.29. The molecule has 0 heterocycles. The average molecular weight is 172 g/mol. The number of hydrogen-bond donors (Lipinski definition) is 2. The summed E-state index contributed by atoms with van der Waals surface area (Å²) in [6, 6.07) is 0. The van der Waals surface area contributed by atoms with Crippen LogP contribution in [0, 0.1) is 5.92 Å². The molecule has 0 radical (unpaired) electrons. The summed E-state index contributed by atoms with van der Waals surface area (Å²) in [6.45, 7) is 5.45. The summed E-state index contributed by atoms with van der Waals surface area (Å²) < 4.78 is 0. The van der Waals surface area contributed by atoms with Gasteiger partial charge in [0, 0.05) is 12.5 Å². The highest BCUT2D eigenvalue weighted by Crippen LogP contribution is 2.03. The van der Waals surface area contributed by atoms with Gasteiger partial charge < -0.3 is 11.1 Å². The van der Waals surface area contributed by atoms with Crippen LogP contribution in [0.25, 0.3) is 0 Å². The molecule has 0 spiro atoms. The standard InChI is InChI=1S/C9H20N2O/c1-3-7-11-9(12)8(2)5-4-6-10/h8H,3-7,10H2,1-2H3,(H,11,12). The molecule has 0 aromatic rings. The summed E-state index contributed by atoms with van der Waals surface area (Å²) in [5, 5.41) is 2.86. The molecule has 72 valence electrons. The van der Waals surface area contributed by atoms with Crippen molar-refractivity contribution in [2.45, 2.75) is 33.1 Å². The monoisotopic (exact) mass is 172 g/mol. The second-order valence-electron chi connectivity index (χ2n) is 3.12. The van der Waals surface area contributed by atoms with E-state index < -0.39 is 0 Å². The third-order valence-corrected chi connectivity index (χ3v) is 1.84. The van der Waals surface area contributed by atoms with Gasteiger partial charge in [-0.2, -0.15) is 0 Å². The highest BCUT2D eigenvalue weighted by Gasteiger charge is 2.10. The molecule has 3 N–H and O–H groups in total. The van der Waals surface area contributed by atoms with Crippen LogP contribution in [-0.2, 0) is 4.79 Å². The minimum absolute atomic E-state index is 0.111. The smallest absolute Gasteiger partial charge is 0.222 e. The SMILES string of the molecule is CCCNC(=O)C(C)CCCN. The molecule has 0 aromatic carbocycles. The first kappa shape index (κ1) is 11.4. The van der Waals surface area contributed by atoms with Gasteiger partial charge in [-0.1, -0.05) is 13.8 Å². The Morgan fingerprint density at radius 1 is 1.58 bits per heavy atom. The Labute approximate surface area is 74.7 Å². The molecule has 0 aliphatic carbocycles. The quantitative estimate of drug-likeness (QED) is 0.625. The van der Waals surface area contributed by atoms with E-state index in [9.17, 15) is 4.79 Å². The van der Waals surface area contributed by atoms with Crippen molar-refractivity contribution >= 4 is 5.91 Å². The van der Waals surface area contributed by atoms with Crippen molar-refractivity contribution in [2.24, 2.45) is 11.7 Å². The Morgan fingerprint density at radius 2 is 2.25 bits per heavy atom. The van der Waals surface area contributed by atoms with Gasteiger partial charge in [0.1, 0.15) is 0 Å². The lowest BCUT2D eigenvalue weighted by molar-refractivity contribution is -0.124. The van der Waals surface area contributed by atoms with Crippen molar-refractivity contribution in [1.82, 2.24) is 5.32 Å². The molecular formula is C9H20N2O. The summed E-state index contributed by atoms with van der Waals surface area (Å²) in [4.78, 5) is 11.3. The lowest BCUT2D eigenvalue weighted by Gasteiger charge is -2.10. The average Bonchev–Trinajstić information content (AvgIpc) is 2.10. The summed E-state index contributed by atoms with van der Waals surface area (Å²) in [6.07, 6.45) is 2.82. The van der Waals surface area contributed by atoms with Gasteiger partial charge in [-0.25, -0.2) is 0 Å². The minimum atomic E-state index is 0.111. The van der Waals surface area contributed by atoms with Gasteiger partial charge in [-0.15, -0.1) is 0 Å². The molecule has 3 heteroatoms. The van der Waals surface area contributed by atoms with E-state index in [0.29, 0.717) is 6.54 Å². The molecular weight excluding hydrogens is 152 g/mol. The second kappa shape index (κ2) is 7.10. The van der Waals surface area contributed by atoms with Crippen molar-refractivity contribution in [2.75, 3.05) is 13.1 Å². The van der Waals surface area contributed by atoms with E-state index in [1.165, 1.54) is 0 Å². The van der Waals surface area contributed by atoms with Crippen molar-refractivity contribution in [1.29, 1.82) is 0 Å². The van der Waals surface area contributed by atoms with Crippen molar-refractivity contribution in [3.8, 4) is 0 Å². The van der Waals surface area contributed by atoms with Gasteiger partial charge >= 0.3 is 0 Å². The molecule has 0 bridgehead atoms. The number of carbonyl (C=O) groups excluding carboxylic acids is 1. The molecule has 3 nitrogen and oxygen atoms in total. The molecule has 0 rings (SSSR count). The molecule has 1 unspecified atom stereocenters. The number of hydrogen-bond acceptors (Lipinski definition) is 2. The zero-order valence-electron chi connectivity index (χ0n) is 8.10. The van der Waals surface area contributed by atoms with E-state index in [1.54, 1.807) is 0 Å². The minimum Gasteiger partial charge on any atom is -0.356 e. The Bertz CT molecular complexity index is 126. The normalized spacial score (nSPS) is 12.6. The van der Waals surface area contributed by atoms with Crippen LogP contribution in [0.2, 0.25) is 0 Å². The molecule has 0 aromatic heterocycles. The largest absolute Gasteiger partial charge is 0.356 e. The van der Waals surface area contributed by atoms with Crippen LogP contribution >= 0.6 is 0 Å². The number of nitrogens with one attached hydrogen (secondary N) is 1. The van der Waals surface area contributed by atoms with E-state index in [4.69, 9.17) is 5.73 Å². The van der Waals surface area contributed by atoms with Crippen LogP contribution in [0.5, 0.6) is 0 Å². The summed E-state index contributed by atoms with van der Waals surface area (Å²) in [7, 11) is 0. The van der Waals surface area contributed by atoms with E-state index in [2.05, 4.69) is 5.32 Å². The fraction of sp³-hybridized carbons (Fsp3) is 0.889. The van der Waals surface area contributed by atoms with E-state index >= 15 is 0 Å². The number of nitrogens with two attached hydrogens (primary N) is 1. The van der Waals surface area contributed by atoms with Gasteiger partial charge in [0.25, 0.3) is 0 Å². The Morgan fingerprint density at radius 3 is 2.75 bits per heavy atom. The summed E-state index contributed by atoms with van der Waals surface area (Å²) >= 11 is 0. The van der Waals surface area contributed by atoms with E-state index in [-0.39, 0.29) is 11.8 Å². The first-order valence-electron chi connectivity index (χ1n) is 4.70. The van der Waals surface area contributed by atoms with E-state index in [1.807, 2.05) is 13.8 Å². The van der Waals surface area contributed by atoms with Crippen LogP contribution in [0.15, 0.2) is 0 Å². The molecule has 0 saturated heterocycles. The van der Waals surface area contributed by atoms with Crippen molar-refractivity contribution < 1.29 is 4.79 Å². The maximum absolute atomic E-state index is 11.3. The molecule has 12 heavy (non-hydrogen) atoms. The number of rotatable bonds is 6. The first-order chi connectivity index (χ1) is 5.72. The highest BCUT2D eigenvalue weighted by atomic mass is 16.1. The zero-order valence-corrected chi connectivity index (χ0v) is 8.10. The Hall–Kier alpha value is -0.570. The lowest BCUT2D eigenvalue weighted by atomic mass is 10.1. The van der Waals surface area contributed by atoms with Crippen LogP contribution in [0.3, 0.4) is 0 Å². The predicted molar refractivity (Wildman–Crippen MR) is 50.8 cm³/mol. The van der Waals surface area contributed by atoms with Gasteiger partial charge in [-0.3, -0.25) is 4.79 Å². The van der Waals surface area contributed by atoms with Crippen LogP contribution in [0.1, 0.15) is 33.1 Å². The second-order valence-corrected chi connectivity index (χ2v) is 3.12. The molecule has 1 amide bonds. The van der Waals surface area contributed by atoms with Crippen LogP contribution in [-0.4, -0.2) is 19.0 Å². The number of carbonyl (C=O) groups is 1. The van der Waals surface area contributed by atoms with Crippen LogP contribution < -0.4 is 11.1 Å². The molecule has 1 atom stereocenters. The highest BCUT2D eigenvalue weighted by molar-refractivity contribution is 5.78. The maximum atomic E-state index is 11.3. The third-order valence-electron chi connectivity index (χ3n) is 1.84.